The first-order valence-corrected chi connectivity index (χ1v) is 5.21. The van der Waals surface area contributed by atoms with Gasteiger partial charge in [0.05, 0.1) is 18.4 Å². The molecular formula is C11H19NO2. The molecule has 0 aromatic rings. The summed E-state index contributed by atoms with van der Waals surface area (Å²) in [7, 11) is 0. The first-order chi connectivity index (χ1) is 6.60. The van der Waals surface area contributed by atoms with E-state index in [2.05, 4.69) is 19.9 Å². The molecule has 0 fully saturated rings. The number of carbonyl (C=O) groups is 1. The maximum Gasteiger partial charge on any atom is 0.304 e. The number of hydrogen-bond donors (Lipinski definition) is 1. The lowest BCUT2D eigenvalue weighted by Crippen LogP contribution is -2.10. The van der Waals surface area contributed by atoms with Crippen LogP contribution in [-0.2, 0) is 4.79 Å². The van der Waals surface area contributed by atoms with Crippen molar-refractivity contribution in [2.75, 3.05) is 0 Å². The van der Waals surface area contributed by atoms with Gasteiger partial charge in [-0.15, -0.1) is 0 Å². The van der Waals surface area contributed by atoms with Crippen molar-refractivity contribution in [3.05, 3.63) is 0 Å². The van der Waals surface area contributed by atoms with Crippen molar-refractivity contribution < 1.29 is 9.90 Å². The van der Waals surface area contributed by atoms with Crippen LogP contribution >= 0.6 is 0 Å². The summed E-state index contributed by atoms with van der Waals surface area (Å²) in [6.45, 7) is 4.22. The highest BCUT2D eigenvalue weighted by molar-refractivity contribution is 5.67. The summed E-state index contributed by atoms with van der Waals surface area (Å²) in [6.07, 6.45) is 4.09. The van der Waals surface area contributed by atoms with E-state index < -0.39 is 5.97 Å². The first-order valence-electron chi connectivity index (χ1n) is 5.21. The highest BCUT2D eigenvalue weighted by Gasteiger charge is 2.15. The Labute approximate surface area is 85.7 Å². The SMILES string of the molecule is CCCC[C@@H](C)CC(C#N)CC(=O)O. The quantitative estimate of drug-likeness (QED) is 0.682. The summed E-state index contributed by atoms with van der Waals surface area (Å²) in [5.74, 6) is -0.738. The highest BCUT2D eigenvalue weighted by atomic mass is 16.4. The van der Waals surface area contributed by atoms with Crippen LogP contribution in [0.1, 0.15) is 46.0 Å². The summed E-state index contributed by atoms with van der Waals surface area (Å²) < 4.78 is 0. The topological polar surface area (TPSA) is 61.1 Å². The minimum Gasteiger partial charge on any atom is -0.481 e. The molecule has 0 aromatic carbocycles. The van der Waals surface area contributed by atoms with E-state index in [0.29, 0.717) is 12.3 Å². The normalized spacial score (nSPS) is 14.4. The lowest BCUT2D eigenvalue weighted by Gasteiger charge is -2.13. The Kier molecular flexibility index (Phi) is 6.82. The molecule has 0 bridgehead atoms. The Morgan fingerprint density at radius 1 is 1.57 bits per heavy atom. The molecule has 0 aromatic heterocycles. The lowest BCUT2D eigenvalue weighted by molar-refractivity contribution is -0.137. The molecule has 2 atom stereocenters. The van der Waals surface area contributed by atoms with Crippen LogP contribution in [0.15, 0.2) is 0 Å². The van der Waals surface area contributed by atoms with Crippen LogP contribution in [0.4, 0.5) is 0 Å². The largest absolute Gasteiger partial charge is 0.481 e. The fourth-order valence-corrected chi connectivity index (χ4v) is 1.55. The zero-order chi connectivity index (χ0) is 11.0. The van der Waals surface area contributed by atoms with Gasteiger partial charge in [-0.25, -0.2) is 0 Å². The molecule has 0 saturated heterocycles. The van der Waals surface area contributed by atoms with E-state index in [1.165, 1.54) is 0 Å². The average Bonchev–Trinajstić information content (AvgIpc) is 2.12. The lowest BCUT2D eigenvalue weighted by atomic mass is 9.91. The number of rotatable bonds is 7. The van der Waals surface area contributed by atoms with Crippen LogP contribution in [0.3, 0.4) is 0 Å². The van der Waals surface area contributed by atoms with Gasteiger partial charge in [-0.05, 0) is 12.3 Å². The van der Waals surface area contributed by atoms with E-state index in [4.69, 9.17) is 10.4 Å². The molecule has 1 unspecified atom stereocenters. The Hall–Kier alpha value is -1.04. The van der Waals surface area contributed by atoms with Crippen molar-refractivity contribution >= 4 is 5.97 Å². The summed E-state index contributed by atoms with van der Waals surface area (Å²) >= 11 is 0. The van der Waals surface area contributed by atoms with Crippen LogP contribution < -0.4 is 0 Å². The molecule has 1 N–H and O–H groups in total. The molecule has 0 spiro atoms. The minimum absolute atomic E-state index is 0.0209. The molecule has 14 heavy (non-hydrogen) atoms. The molecule has 0 amide bonds. The van der Waals surface area contributed by atoms with Crippen molar-refractivity contribution in [1.29, 1.82) is 5.26 Å². The van der Waals surface area contributed by atoms with Crippen LogP contribution in [0.2, 0.25) is 0 Å². The van der Waals surface area contributed by atoms with Crippen molar-refractivity contribution in [1.82, 2.24) is 0 Å². The molecule has 0 heterocycles. The zero-order valence-electron chi connectivity index (χ0n) is 8.99. The maximum absolute atomic E-state index is 10.4. The second-order valence-electron chi connectivity index (χ2n) is 3.91. The van der Waals surface area contributed by atoms with E-state index in [1.807, 2.05) is 0 Å². The van der Waals surface area contributed by atoms with Crippen LogP contribution in [0.5, 0.6) is 0 Å². The van der Waals surface area contributed by atoms with E-state index in [1.54, 1.807) is 0 Å². The van der Waals surface area contributed by atoms with Crippen molar-refractivity contribution in [3.63, 3.8) is 0 Å². The number of nitriles is 1. The van der Waals surface area contributed by atoms with E-state index in [-0.39, 0.29) is 12.3 Å². The minimum atomic E-state index is -0.876. The van der Waals surface area contributed by atoms with Gasteiger partial charge < -0.3 is 5.11 Å². The molecule has 80 valence electrons. The Bertz CT molecular complexity index is 208. The summed E-state index contributed by atoms with van der Waals surface area (Å²) in [4.78, 5) is 10.4. The van der Waals surface area contributed by atoms with Crippen LogP contribution in [-0.4, -0.2) is 11.1 Å². The van der Waals surface area contributed by atoms with Crippen LogP contribution in [0, 0.1) is 23.2 Å². The van der Waals surface area contributed by atoms with Gasteiger partial charge in [0.1, 0.15) is 0 Å². The van der Waals surface area contributed by atoms with Crippen LogP contribution in [0.25, 0.3) is 0 Å². The third-order valence-electron chi connectivity index (χ3n) is 2.34. The van der Waals surface area contributed by atoms with Gasteiger partial charge >= 0.3 is 5.97 Å². The number of unbranched alkanes of at least 4 members (excludes halogenated alkanes) is 1. The molecule has 0 aliphatic carbocycles. The van der Waals surface area contributed by atoms with Gasteiger partial charge in [-0.2, -0.15) is 5.26 Å². The predicted molar refractivity (Wildman–Crippen MR) is 54.7 cm³/mol. The van der Waals surface area contributed by atoms with Gasteiger partial charge in [0.25, 0.3) is 0 Å². The summed E-state index contributed by atoms with van der Waals surface area (Å²) in [5, 5.41) is 17.3. The van der Waals surface area contributed by atoms with E-state index in [0.717, 1.165) is 19.3 Å². The fraction of sp³-hybridized carbons (Fsp3) is 0.818. The third kappa shape index (κ3) is 6.47. The number of nitrogens with zero attached hydrogens (tertiary/aromatic N) is 1. The molecule has 0 radical (unpaired) electrons. The summed E-state index contributed by atoms with van der Waals surface area (Å²) in [6, 6.07) is 2.06. The molecular weight excluding hydrogens is 178 g/mol. The first kappa shape index (κ1) is 13.0. The predicted octanol–water partition coefficient (Wildman–Crippen LogP) is 2.82. The Balaban J connectivity index is 3.81. The molecule has 3 heteroatoms. The standard InChI is InChI=1S/C11H19NO2/c1-3-4-5-9(2)6-10(8-12)7-11(13)14/h9-10H,3-7H2,1-2H3,(H,13,14)/t9-,10?/m1/s1. The maximum atomic E-state index is 10.4. The molecule has 0 aliphatic heterocycles. The smallest absolute Gasteiger partial charge is 0.304 e. The van der Waals surface area contributed by atoms with Crippen molar-refractivity contribution in [2.24, 2.45) is 11.8 Å². The van der Waals surface area contributed by atoms with Gasteiger partial charge in [0, 0.05) is 0 Å². The Morgan fingerprint density at radius 3 is 2.64 bits per heavy atom. The third-order valence-corrected chi connectivity index (χ3v) is 2.34. The van der Waals surface area contributed by atoms with Crippen molar-refractivity contribution in [2.45, 2.75) is 46.0 Å². The van der Waals surface area contributed by atoms with E-state index in [9.17, 15) is 4.79 Å². The molecule has 0 aliphatic rings. The number of carboxylic acid groups (broad SMARTS) is 1. The second-order valence-corrected chi connectivity index (χ2v) is 3.91. The van der Waals surface area contributed by atoms with Gasteiger partial charge in [-0.3, -0.25) is 4.79 Å². The second kappa shape index (κ2) is 7.37. The Morgan fingerprint density at radius 2 is 2.21 bits per heavy atom. The summed E-state index contributed by atoms with van der Waals surface area (Å²) in [5.41, 5.74) is 0. The zero-order valence-corrected chi connectivity index (χ0v) is 8.99. The highest BCUT2D eigenvalue weighted by Crippen LogP contribution is 2.19. The number of hydrogen-bond acceptors (Lipinski definition) is 2. The molecule has 0 saturated carbocycles. The fourth-order valence-electron chi connectivity index (χ4n) is 1.55. The van der Waals surface area contributed by atoms with Gasteiger partial charge in [0.2, 0.25) is 0 Å². The van der Waals surface area contributed by atoms with Gasteiger partial charge in [-0.1, -0.05) is 33.1 Å². The van der Waals surface area contributed by atoms with Crippen molar-refractivity contribution in [3.8, 4) is 6.07 Å². The number of aliphatic carboxylic acids is 1. The average molecular weight is 197 g/mol. The van der Waals surface area contributed by atoms with Gasteiger partial charge in [0.15, 0.2) is 0 Å². The monoisotopic (exact) mass is 197 g/mol. The number of carboxylic acids is 1. The molecule has 3 nitrogen and oxygen atoms in total. The molecule has 0 rings (SSSR count). The van der Waals surface area contributed by atoms with E-state index >= 15 is 0 Å².